The van der Waals surface area contributed by atoms with Crippen molar-refractivity contribution in [3.8, 4) is 0 Å². The lowest BCUT2D eigenvalue weighted by molar-refractivity contribution is 0.598. The van der Waals surface area contributed by atoms with Crippen LogP contribution < -0.4 is 10.5 Å². The number of halogens is 2. The van der Waals surface area contributed by atoms with Gasteiger partial charge in [0.25, 0.3) is 10.0 Å². The molecule has 0 saturated heterocycles. The van der Waals surface area contributed by atoms with Crippen molar-refractivity contribution >= 4 is 31.6 Å². The van der Waals surface area contributed by atoms with Gasteiger partial charge in [-0.2, -0.15) is 0 Å². The first-order chi connectivity index (χ1) is 8.92. The molecule has 0 unspecified atom stereocenters. The van der Waals surface area contributed by atoms with Crippen molar-refractivity contribution in [3.05, 3.63) is 46.4 Å². The van der Waals surface area contributed by atoms with Crippen LogP contribution >= 0.6 is 15.9 Å². The van der Waals surface area contributed by atoms with Crippen molar-refractivity contribution in [2.24, 2.45) is 5.73 Å². The molecule has 0 amide bonds. The number of rotatable bonds is 4. The third kappa shape index (κ3) is 3.14. The molecule has 102 valence electrons. The molecule has 5 nitrogen and oxygen atoms in total. The third-order valence-electron chi connectivity index (χ3n) is 2.42. The van der Waals surface area contributed by atoms with E-state index in [4.69, 9.17) is 5.73 Å². The van der Waals surface area contributed by atoms with Crippen LogP contribution in [0, 0.1) is 5.82 Å². The monoisotopic (exact) mass is 347 g/mol. The first-order valence-corrected chi connectivity index (χ1v) is 7.55. The van der Waals surface area contributed by atoms with Crippen molar-refractivity contribution in [2.45, 2.75) is 11.4 Å². The Kier molecular flexibility index (Phi) is 3.93. The molecule has 2 rings (SSSR count). The average Bonchev–Trinajstić information content (AvgIpc) is 2.83. The van der Waals surface area contributed by atoms with Gasteiger partial charge in [-0.1, -0.05) is 15.9 Å². The lowest BCUT2D eigenvalue weighted by Crippen LogP contribution is -2.13. The molecule has 0 fully saturated rings. The van der Waals surface area contributed by atoms with Gasteiger partial charge in [-0.15, -0.1) is 0 Å². The highest BCUT2D eigenvalue weighted by atomic mass is 79.9. The number of nitrogens with two attached hydrogens (primary N) is 1. The zero-order chi connectivity index (χ0) is 14.0. The molecule has 8 heteroatoms. The number of hydrogen-bond acceptors (Lipinski definition) is 3. The Morgan fingerprint density at radius 2 is 2.11 bits per heavy atom. The minimum atomic E-state index is -3.84. The Morgan fingerprint density at radius 3 is 2.74 bits per heavy atom. The number of aromatic nitrogens is 1. The molecular weight excluding hydrogens is 337 g/mol. The van der Waals surface area contributed by atoms with Crippen molar-refractivity contribution in [1.29, 1.82) is 0 Å². The summed E-state index contributed by atoms with van der Waals surface area (Å²) in [5.41, 5.74) is 5.85. The van der Waals surface area contributed by atoms with Crippen molar-refractivity contribution in [1.82, 2.24) is 4.98 Å². The van der Waals surface area contributed by atoms with Crippen LogP contribution in [0.4, 0.5) is 10.1 Å². The van der Waals surface area contributed by atoms with Crippen LogP contribution in [-0.2, 0) is 16.6 Å². The lowest BCUT2D eigenvalue weighted by atomic mass is 10.3. The quantitative estimate of drug-likeness (QED) is 0.791. The minimum Gasteiger partial charge on any atom is -0.363 e. The van der Waals surface area contributed by atoms with E-state index >= 15 is 0 Å². The van der Waals surface area contributed by atoms with Crippen LogP contribution in [0.25, 0.3) is 0 Å². The third-order valence-corrected chi connectivity index (χ3v) is 4.26. The number of aromatic amines is 1. The van der Waals surface area contributed by atoms with E-state index in [2.05, 4.69) is 25.6 Å². The van der Waals surface area contributed by atoms with E-state index in [1.54, 1.807) is 0 Å². The zero-order valence-corrected chi connectivity index (χ0v) is 12.1. The van der Waals surface area contributed by atoms with Crippen LogP contribution in [0.1, 0.15) is 5.69 Å². The summed E-state index contributed by atoms with van der Waals surface area (Å²) in [5.74, 6) is -0.652. The molecule has 0 saturated carbocycles. The molecule has 2 aromatic rings. The summed E-state index contributed by atoms with van der Waals surface area (Å²) in [6.07, 6.45) is 1.31. The van der Waals surface area contributed by atoms with Gasteiger partial charge >= 0.3 is 0 Å². The van der Waals surface area contributed by atoms with Crippen molar-refractivity contribution in [3.63, 3.8) is 0 Å². The maximum atomic E-state index is 13.5. The molecule has 0 atom stereocenters. The van der Waals surface area contributed by atoms with Gasteiger partial charge in [0.1, 0.15) is 10.7 Å². The molecule has 1 heterocycles. The van der Waals surface area contributed by atoms with Crippen molar-refractivity contribution in [2.75, 3.05) is 4.72 Å². The molecule has 0 aliphatic rings. The highest BCUT2D eigenvalue weighted by Crippen LogP contribution is 2.23. The fourth-order valence-corrected chi connectivity index (χ4v) is 2.91. The molecule has 0 spiro atoms. The van der Waals surface area contributed by atoms with Gasteiger partial charge in [-0.3, -0.25) is 4.72 Å². The smallest absolute Gasteiger partial charge is 0.263 e. The van der Waals surface area contributed by atoms with Gasteiger partial charge in [0.15, 0.2) is 0 Å². The number of hydrogen-bond donors (Lipinski definition) is 3. The van der Waals surface area contributed by atoms with E-state index in [0.717, 1.165) is 0 Å². The fourth-order valence-electron chi connectivity index (χ4n) is 1.47. The Labute approximate surface area is 118 Å². The molecule has 19 heavy (non-hydrogen) atoms. The summed E-state index contributed by atoms with van der Waals surface area (Å²) < 4.78 is 40.4. The molecule has 1 aromatic carbocycles. The second-order valence-corrected chi connectivity index (χ2v) is 6.39. The molecule has 0 bridgehead atoms. The molecule has 4 N–H and O–H groups in total. The highest BCUT2D eigenvalue weighted by Gasteiger charge is 2.18. The first-order valence-electron chi connectivity index (χ1n) is 5.27. The zero-order valence-electron chi connectivity index (χ0n) is 9.65. The number of H-pyrrole nitrogens is 1. The standard InChI is InChI=1S/C11H11BrFN3O2S/c12-7-1-2-10(13)11(3-7)16-19(17,18)9-4-8(5-14)15-6-9/h1-4,6,15-16H,5,14H2. The SMILES string of the molecule is NCc1cc(S(=O)(=O)Nc2cc(Br)ccc2F)c[nH]1. The van der Waals surface area contributed by atoms with Gasteiger partial charge < -0.3 is 10.7 Å². The van der Waals surface area contributed by atoms with Gasteiger partial charge in [-0.25, -0.2) is 12.8 Å². The normalized spacial score (nSPS) is 11.5. The fraction of sp³-hybridized carbons (Fsp3) is 0.0909. The number of nitrogens with one attached hydrogen (secondary N) is 2. The predicted molar refractivity (Wildman–Crippen MR) is 73.6 cm³/mol. The summed E-state index contributed by atoms with van der Waals surface area (Å²) >= 11 is 3.15. The second kappa shape index (κ2) is 5.32. The summed E-state index contributed by atoms with van der Waals surface area (Å²) in [7, 11) is -3.84. The van der Waals surface area contributed by atoms with Crippen LogP contribution in [0.5, 0.6) is 0 Å². The van der Waals surface area contributed by atoms with Gasteiger partial charge in [-0.05, 0) is 24.3 Å². The van der Waals surface area contributed by atoms with Crippen LogP contribution in [0.3, 0.4) is 0 Å². The van der Waals surface area contributed by atoms with Gasteiger partial charge in [0, 0.05) is 22.9 Å². The molecule has 0 radical (unpaired) electrons. The summed E-state index contributed by atoms with van der Waals surface area (Å²) in [4.78, 5) is 2.73. The summed E-state index contributed by atoms with van der Waals surface area (Å²) in [6, 6.07) is 5.40. The predicted octanol–water partition coefficient (Wildman–Crippen LogP) is 2.18. The van der Waals surface area contributed by atoms with E-state index < -0.39 is 15.8 Å². The highest BCUT2D eigenvalue weighted by molar-refractivity contribution is 9.10. The van der Waals surface area contributed by atoms with E-state index in [-0.39, 0.29) is 17.1 Å². The largest absolute Gasteiger partial charge is 0.363 e. The maximum absolute atomic E-state index is 13.5. The first kappa shape index (κ1) is 14.0. The Bertz CT molecular complexity index is 700. The van der Waals surface area contributed by atoms with E-state index in [9.17, 15) is 12.8 Å². The summed E-state index contributed by atoms with van der Waals surface area (Å²) in [6.45, 7) is 0.195. The Morgan fingerprint density at radius 1 is 1.37 bits per heavy atom. The molecule has 0 aliphatic carbocycles. The molecule has 1 aromatic heterocycles. The minimum absolute atomic E-state index is 0.00678. The van der Waals surface area contributed by atoms with E-state index in [1.165, 1.54) is 30.5 Å². The van der Waals surface area contributed by atoms with Crippen LogP contribution in [-0.4, -0.2) is 13.4 Å². The topological polar surface area (TPSA) is 88.0 Å². The van der Waals surface area contributed by atoms with E-state index in [1.807, 2.05) is 0 Å². The number of benzene rings is 1. The number of anilines is 1. The second-order valence-electron chi connectivity index (χ2n) is 3.79. The molecular formula is C11H11BrFN3O2S. The maximum Gasteiger partial charge on any atom is 0.263 e. The van der Waals surface area contributed by atoms with E-state index in [0.29, 0.717) is 10.2 Å². The van der Waals surface area contributed by atoms with Crippen molar-refractivity contribution < 1.29 is 12.8 Å². The lowest BCUT2D eigenvalue weighted by Gasteiger charge is -2.07. The summed E-state index contributed by atoms with van der Waals surface area (Å²) in [5, 5.41) is 0. The average molecular weight is 348 g/mol. The van der Waals surface area contributed by atoms with Crippen LogP contribution in [0.2, 0.25) is 0 Å². The van der Waals surface area contributed by atoms with Gasteiger partial charge in [0.2, 0.25) is 0 Å². The van der Waals surface area contributed by atoms with Gasteiger partial charge in [0.05, 0.1) is 5.69 Å². The Hall–Kier alpha value is -1.38. The number of sulfonamides is 1. The molecule has 0 aliphatic heterocycles. The Balaban J connectivity index is 2.33. The van der Waals surface area contributed by atoms with Crippen LogP contribution in [0.15, 0.2) is 39.8 Å².